The second-order valence-corrected chi connectivity index (χ2v) is 8.20. The normalized spacial score (nSPS) is 11.0. The van der Waals surface area contributed by atoms with E-state index in [-0.39, 0.29) is 17.0 Å². The zero-order valence-electron chi connectivity index (χ0n) is 17.4. The Bertz CT molecular complexity index is 1380. The van der Waals surface area contributed by atoms with Gasteiger partial charge in [0, 0.05) is 6.07 Å². The number of fused-ring (bicyclic) bond motifs is 1. The molecule has 1 amide bonds. The molecule has 0 aliphatic heterocycles. The van der Waals surface area contributed by atoms with Gasteiger partial charge < -0.3 is 5.32 Å². The highest BCUT2D eigenvalue weighted by atomic mass is 32.2. The molecule has 1 aromatic heterocycles. The van der Waals surface area contributed by atoms with Crippen LogP contribution in [0.25, 0.3) is 16.6 Å². The summed E-state index contributed by atoms with van der Waals surface area (Å²) >= 11 is 1.07. The number of carbonyl (C=O) groups is 1. The Kier molecular flexibility index (Phi) is 6.05. The molecule has 0 fully saturated rings. The summed E-state index contributed by atoms with van der Waals surface area (Å²) in [5.74, 6) is -2.21. The van der Waals surface area contributed by atoms with E-state index in [1.54, 1.807) is 24.3 Å². The van der Waals surface area contributed by atoms with E-state index in [2.05, 4.69) is 10.3 Å². The van der Waals surface area contributed by atoms with E-state index in [9.17, 15) is 18.4 Å². The van der Waals surface area contributed by atoms with E-state index in [0.717, 1.165) is 35.0 Å². The Morgan fingerprint density at radius 1 is 1.03 bits per heavy atom. The fourth-order valence-electron chi connectivity index (χ4n) is 3.47. The third kappa shape index (κ3) is 4.27. The van der Waals surface area contributed by atoms with Gasteiger partial charge in [-0.3, -0.25) is 14.2 Å². The second-order valence-electron chi connectivity index (χ2n) is 7.25. The van der Waals surface area contributed by atoms with Gasteiger partial charge in [-0.15, -0.1) is 0 Å². The molecule has 4 rings (SSSR count). The second kappa shape index (κ2) is 8.92. The summed E-state index contributed by atoms with van der Waals surface area (Å²) in [5, 5.41) is 3.24. The molecule has 0 unspecified atom stereocenters. The smallest absolute Gasteiger partial charge is 0.266 e. The maximum absolute atomic E-state index is 13.9. The Hall–Kier alpha value is -3.52. The number of carbonyl (C=O) groups excluding carboxylic acids is 1. The van der Waals surface area contributed by atoms with Crippen LogP contribution in [0.2, 0.25) is 0 Å². The molecule has 3 aromatic carbocycles. The molecule has 1 heterocycles. The first kappa shape index (κ1) is 21.7. The third-order valence-electron chi connectivity index (χ3n) is 4.95. The van der Waals surface area contributed by atoms with Crippen LogP contribution in [0.4, 0.5) is 14.5 Å². The van der Waals surface area contributed by atoms with Crippen LogP contribution in [0.15, 0.2) is 70.6 Å². The van der Waals surface area contributed by atoms with E-state index in [1.165, 1.54) is 4.57 Å². The number of amides is 1. The number of rotatable bonds is 5. The SMILES string of the molecule is Cc1cccc(C)c1-n1c(SCC(=O)Nc2ccc(F)cc2F)nc2ccccc2c1=O. The molecular formula is C24H19F2N3O2S. The van der Waals surface area contributed by atoms with Crippen LogP contribution in [0, 0.1) is 25.5 Å². The molecule has 4 aromatic rings. The molecule has 0 bridgehead atoms. The van der Waals surface area contributed by atoms with Gasteiger partial charge >= 0.3 is 0 Å². The molecule has 0 aliphatic carbocycles. The summed E-state index contributed by atoms with van der Waals surface area (Å²) < 4.78 is 28.5. The van der Waals surface area contributed by atoms with Crippen LogP contribution >= 0.6 is 11.8 Å². The molecule has 0 radical (unpaired) electrons. The van der Waals surface area contributed by atoms with Crippen LogP contribution in [0.1, 0.15) is 11.1 Å². The number of hydrogen-bond donors (Lipinski definition) is 1. The molecule has 8 heteroatoms. The molecule has 0 aliphatic rings. The van der Waals surface area contributed by atoms with Gasteiger partial charge in [-0.1, -0.05) is 42.1 Å². The predicted molar refractivity (Wildman–Crippen MR) is 123 cm³/mol. The van der Waals surface area contributed by atoms with Crippen molar-refractivity contribution in [3.05, 3.63) is 93.8 Å². The average Bonchev–Trinajstić information content (AvgIpc) is 2.76. The molecule has 0 atom stereocenters. The van der Waals surface area contributed by atoms with Gasteiger partial charge in [0.2, 0.25) is 5.91 Å². The quantitative estimate of drug-likeness (QED) is 0.342. The summed E-state index contributed by atoms with van der Waals surface area (Å²) in [7, 11) is 0. The van der Waals surface area contributed by atoms with Crippen molar-refractivity contribution in [1.29, 1.82) is 0 Å². The number of para-hydroxylation sites is 2. The van der Waals surface area contributed by atoms with Crippen molar-refractivity contribution in [2.24, 2.45) is 0 Å². The summed E-state index contributed by atoms with van der Waals surface area (Å²) in [4.78, 5) is 30.5. The average molecular weight is 451 g/mol. The number of hydrogen-bond acceptors (Lipinski definition) is 4. The summed E-state index contributed by atoms with van der Waals surface area (Å²) in [5.41, 5.74) is 2.67. The highest BCUT2D eigenvalue weighted by Crippen LogP contribution is 2.25. The first-order chi connectivity index (χ1) is 15.3. The van der Waals surface area contributed by atoms with Crippen molar-refractivity contribution >= 4 is 34.3 Å². The topological polar surface area (TPSA) is 64.0 Å². The minimum atomic E-state index is -0.861. The monoisotopic (exact) mass is 451 g/mol. The fourth-order valence-corrected chi connectivity index (χ4v) is 4.27. The number of aryl methyl sites for hydroxylation is 2. The van der Waals surface area contributed by atoms with Crippen LogP contribution < -0.4 is 10.9 Å². The minimum Gasteiger partial charge on any atom is -0.323 e. The zero-order valence-corrected chi connectivity index (χ0v) is 18.2. The zero-order chi connectivity index (χ0) is 22.8. The summed E-state index contributed by atoms with van der Waals surface area (Å²) in [6, 6.07) is 15.7. The Balaban J connectivity index is 1.72. The number of nitrogens with one attached hydrogen (secondary N) is 1. The Labute approximate surface area is 187 Å². The highest BCUT2D eigenvalue weighted by molar-refractivity contribution is 7.99. The third-order valence-corrected chi connectivity index (χ3v) is 5.88. The molecule has 1 N–H and O–H groups in total. The van der Waals surface area contributed by atoms with Gasteiger partial charge in [0.25, 0.3) is 5.56 Å². The molecule has 162 valence electrons. The van der Waals surface area contributed by atoms with Crippen molar-refractivity contribution in [1.82, 2.24) is 9.55 Å². The van der Waals surface area contributed by atoms with E-state index in [1.807, 2.05) is 32.0 Å². The molecular weight excluding hydrogens is 432 g/mol. The Morgan fingerprint density at radius 2 is 1.75 bits per heavy atom. The predicted octanol–water partition coefficient (Wildman–Crippen LogP) is 5.01. The van der Waals surface area contributed by atoms with Gasteiger partial charge in [-0.25, -0.2) is 13.8 Å². The van der Waals surface area contributed by atoms with Crippen molar-refractivity contribution < 1.29 is 13.6 Å². The fraction of sp³-hybridized carbons (Fsp3) is 0.125. The van der Waals surface area contributed by atoms with Gasteiger partial charge in [0.15, 0.2) is 5.16 Å². The minimum absolute atomic E-state index is 0.115. The highest BCUT2D eigenvalue weighted by Gasteiger charge is 2.18. The number of halogens is 2. The van der Waals surface area contributed by atoms with Crippen LogP contribution in [-0.2, 0) is 4.79 Å². The lowest BCUT2D eigenvalue weighted by atomic mass is 10.1. The maximum Gasteiger partial charge on any atom is 0.266 e. The van der Waals surface area contributed by atoms with Crippen LogP contribution in [0.3, 0.4) is 0 Å². The molecule has 0 saturated carbocycles. The van der Waals surface area contributed by atoms with E-state index in [0.29, 0.717) is 27.8 Å². The molecule has 0 saturated heterocycles. The van der Waals surface area contributed by atoms with Gasteiger partial charge in [-0.2, -0.15) is 0 Å². The Morgan fingerprint density at radius 3 is 2.47 bits per heavy atom. The van der Waals surface area contributed by atoms with Crippen molar-refractivity contribution in [2.45, 2.75) is 19.0 Å². The van der Waals surface area contributed by atoms with Crippen molar-refractivity contribution in [3.63, 3.8) is 0 Å². The maximum atomic E-state index is 13.9. The lowest BCUT2D eigenvalue weighted by Gasteiger charge is -2.17. The molecule has 5 nitrogen and oxygen atoms in total. The summed E-state index contributed by atoms with van der Waals surface area (Å²) in [6.45, 7) is 3.81. The van der Waals surface area contributed by atoms with E-state index >= 15 is 0 Å². The lowest BCUT2D eigenvalue weighted by Crippen LogP contribution is -2.24. The van der Waals surface area contributed by atoms with E-state index < -0.39 is 17.5 Å². The number of nitrogens with zero attached hydrogens (tertiary/aromatic N) is 2. The largest absolute Gasteiger partial charge is 0.323 e. The molecule has 0 spiro atoms. The van der Waals surface area contributed by atoms with Crippen LogP contribution in [-0.4, -0.2) is 21.2 Å². The van der Waals surface area contributed by atoms with Crippen LogP contribution in [0.5, 0.6) is 0 Å². The van der Waals surface area contributed by atoms with Gasteiger partial charge in [0.1, 0.15) is 11.6 Å². The number of benzene rings is 3. The first-order valence-corrected chi connectivity index (χ1v) is 10.8. The molecule has 32 heavy (non-hydrogen) atoms. The van der Waals surface area contributed by atoms with Gasteiger partial charge in [-0.05, 0) is 49.2 Å². The number of anilines is 1. The number of thioether (sulfide) groups is 1. The van der Waals surface area contributed by atoms with Crippen molar-refractivity contribution in [2.75, 3.05) is 11.1 Å². The summed E-state index contributed by atoms with van der Waals surface area (Å²) in [6.07, 6.45) is 0. The van der Waals surface area contributed by atoms with Crippen molar-refractivity contribution in [3.8, 4) is 5.69 Å². The standard InChI is InChI=1S/C24H19F2N3O2S/c1-14-6-5-7-15(2)22(14)29-23(31)17-8-3-4-9-19(17)28-24(29)32-13-21(30)27-20-11-10-16(25)12-18(20)26/h3-12H,13H2,1-2H3,(H,27,30). The van der Waals surface area contributed by atoms with Gasteiger partial charge in [0.05, 0.1) is 28.0 Å². The lowest BCUT2D eigenvalue weighted by molar-refractivity contribution is -0.113. The first-order valence-electron chi connectivity index (χ1n) is 9.81. The number of aromatic nitrogens is 2. The van der Waals surface area contributed by atoms with E-state index in [4.69, 9.17) is 0 Å².